The van der Waals surface area contributed by atoms with Crippen molar-refractivity contribution in [3.05, 3.63) is 29.5 Å². The maximum Gasteiger partial charge on any atom is 0.417 e. The van der Waals surface area contributed by atoms with E-state index in [-0.39, 0.29) is 11.4 Å². The lowest BCUT2D eigenvalue weighted by Gasteiger charge is -2.11. The van der Waals surface area contributed by atoms with E-state index in [0.717, 1.165) is 6.07 Å². The predicted octanol–water partition coefficient (Wildman–Crippen LogP) is 3.18. The van der Waals surface area contributed by atoms with Crippen LogP contribution in [0, 0.1) is 0 Å². The molecule has 0 fully saturated rings. The van der Waals surface area contributed by atoms with Gasteiger partial charge in [0.15, 0.2) is 0 Å². The first-order chi connectivity index (χ1) is 6.99. The number of nitrogens with zero attached hydrogens (tertiary/aromatic N) is 1. The fourth-order valence-corrected chi connectivity index (χ4v) is 1.16. The number of anilines is 1. The van der Waals surface area contributed by atoms with Gasteiger partial charge in [0.25, 0.3) is 0 Å². The van der Waals surface area contributed by atoms with Gasteiger partial charge in [0.2, 0.25) is 0 Å². The maximum atomic E-state index is 12.6. The van der Waals surface area contributed by atoms with Gasteiger partial charge in [-0.2, -0.15) is 13.2 Å². The van der Waals surface area contributed by atoms with E-state index < -0.39 is 11.7 Å². The monoisotopic (exact) mass is 216 g/mol. The molecule has 1 aromatic heterocycles. The molecule has 1 N–H and O–H groups in total. The van der Waals surface area contributed by atoms with Crippen LogP contribution in [0.3, 0.4) is 0 Å². The minimum Gasteiger partial charge on any atom is -0.373 e. The summed E-state index contributed by atoms with van der Waals surface area (Å²) in [6, 6.07) is 0.995. The van der Waals surface area contributed by atoms with Crippen molar-refractivity contribution in [1.29, 1.82) is 0 Å². The molecule has 15 heavy (non-hydrogen) atoms. The predicted molar refractivity (Wildman–Crippen MR) is 53.5 cm³/mol. The van der Waals surface area contributed by atoms with Gasteiger partial charge in [-0.1, -0.05) is 12.2 Å². The molecule has 5 heteroatoms. The number of rotatable bonds is 2. The highest BCUT2D eigenvalue weighted by Crippen LogP contribution is 2.33. The van der Waals surface area contributed by atoms with Crippen molar-refractivity contribution in [3.63, 3.8) is 0 Å². The van der Waals surface area contributed by atoms with Crippen LogP contribution in [-0.2, 0) is 6.18 Å². The first-order valence-electron chi connectivity index (χ1n) is 4.36. The molecule has 0 amide bonds. The Bertz CT molecular complexity index is 369. The number of allylic oxidation sites excluding steroid dienone is 1. The van der Waals surface area contributed by atoms with E-state index in [1.807, 2.05) is 0 Å². The molecular formula is C10H11F3N2. The van der Waals surface area contributed by atoms with E-state index in [2.05, 4.69) is 10.3 Å². The summed E-state index contributed by atoms with van der Waals surface area (Å²) < 4.78 is 37.8. The Morgan fingerprint density at radius 1 is 1.40 bits per heavy atom. The zero-order valence-electron chi connectivity index (χ0n) is 8.39. The zero-order chi connectivity index (χ0) is 11.5. The summed E-state index contributed by atoms with van der Waals surface area (Å²) in [5, 5.41) is 2.57. The van der Waals surface area contributed by atoms with E-state index in [4.69, 9.17) is 0 Å². The molecule has 2 nitrogen and oxygen atoms in total. The standard InChI is InChI=1S/C10H11F3N2/c1-3-4-7-6-15-9(14-2)5-8(7)10(11,12)13/h3-6H,1-2H3,(H,14,15)/b4-3+. The van der Waals surface area contributed by atoms with E-state index in [1.165, 1.54) is 19.3 Å². The average Bonchev–Trinajstić information content (AvgIpc) is 2.17. The zero-order valence-corrected chi connectivity index (χ0v) is 8.39. The number of aromatic nitrogens is 1. The second kappa shape index (κ2) is 4.33. The number of halogens is 3. The molecule has 0 saturated carbocycles. The van der Waals surface area contributed by atoms with Gasteiger partial charge in [-0.3, -0.25) is 0 Å². The second-order valence-electron chi connectivity index (χ2n) is 2.90. The Kier molecular flexibility index (Phi) is 3.34. The molecule has 0 radical (unpaired) electrons. The SMILES string of the molecule is C/C=C/c1cnc(NC)cc1C(F)(F)F. The number of hydrogen-bond donors (Lipinski definition) is 1. The van der Waals surface area contributed by atoms with Crippen molar-refractivity contribution in [1.82, 2.24) is 4.98 Å². The van der Waals surface area contributed by atoms with Gasteiger partial charge >= 0.3 is 6.18 Å². The third-order valence-electron chi connectivity index (χ3n) is 1.84. The van der Waals surface area contributed by atoms with Crippen molar-refractivity contribution in [2.24, 2.45) is 0 Å². The van der Waals surface area contributed by atoms with Crippen LogP contribution < -0.4 is 5.32 Å². The third-order valence-corrected chi connectivity index (χ3v) is 1.84. The topological polar surface area (TPSA) is 24.9 Å². The van der Waals surface area contributed by atoms with Crippen LogP contribution in [0.4, 0.5) is 19.0 Å². The van der Waals surface area contributed by atoms with Gasteiger partial charge in [0.1, 0.15) is 5.82 Å². The minimum absolute atomic E-state index is 0.0731. The van der Waals surface area contributed by atoms with E-state index in [0.29, 0.717) is 0 Å². The first-order valence-corrected chi connectivity index (χ1v) is 4.36. The highest BCUT2D eigenvalue weighted by molar-refractivity contribution is 5.56. The number of alkyl halides is 3. The van der Waals surface area contributed by atoms with Gasteiger partial charge in [-0.25, -0.2) is 4.98 Å². The van der Waals surface area contributed by atoms with Crippen molar-refractivity contribution in [3.8, 4) is 0 Å². The van der Waals surface area contributed by atoms with Gasteiger partial charge in [0.05, 0.1) is 5.56 Å². The molecule has 1 heterocycles. The summed E-state index contributed by atoms with van der Waals surface area (Å²) in [5.41, 5.74) is -0.607. The molecule has 0 aliphatic heterocycles. The molecular weight excluding hydrogens is 205 g/mol. The largest absolute Gasteiger partial charge is 0.417 e. The van der Waals surface area contributed by atoms with Crippen LogP contribution in [0.25, 0.3) is 6.08 Å². The van der Waals surface area contributed by atoms with Crippen molar-refractivity contribution in [2.45, 2.75) is 13.1 Å². The lowest BCUT2D eigenvalue weighted by molar-refractivity contribution is -0.137. The van der Waals surface area contributed by atoms with Crippen LogP contribution >= 0.6 is 0 Å². The van der Waals surface area contributed by atoms with Crippen molar-refractivity contribution < 1.29 is 13.2 Å². The van der Waals surface area contributed by atoms with E-state index in [9.17, 15) is 13.2 Å². The summed E-state index contributed by atoms with van der Waals surface area (Å²) in [5.74, 6) is 0.204. The van der Waals surface area contributed by atoms with Crippen LogP contribution in [0.2, 0.25) is 0 Å². The summed E-state index contributed by atoms with van der Waals surface area (Å²) in [6.45, 7) is 1.66. The summed E-state index contributed by atoms with van der Waals surface area (Å²) in [6.07, 6.45) is -0.224. The molecule has 0 bridgehead atoms. The maximum absolute atomic E-state index is 12.6. The van der Waals surface area contributed by atoms with Gasteiger partial charge in [0, 0.05) is 18.8 Å². The Morgan fingerprint density at radius 3 is 2.53 bits per heavy atom. The Balaban J connectivity index is 3.29. The lowest BCUT2D eigenvalue weighted by atomic mass is 10.1. The smallest absolute Gasteiger partial charge is 0.373 e. The highest BCUT2D eigenvalue weighted by Gasteiger charge is 2.33. The van der Waals surface area contributed by atoms with Crippen LogP contribution in [-0.4, -0.2) is 12.0 Å². The molecule has 0 aliphatic carbocycles. The summed E-state index contributed by atoms with van der Waals surface area (Å²) in [4.78, 5) is 3.83. The Labute approximate surface area is 85.8 Å². The van der Waals surface area contributed by atoms with Crippen molar-refractivity contribution >= 4 is 11.9 Å². The lowest BCUT2D eigenvalue weighted by Crippen LogP contribution is -2.09. The molecule has 0 atom stereocenters. The number of pyridine rings is 1. The Morgan fingerprint density at radius 2 is 2.07 bits per heavy atom. The van der Waals surface area contributed by atoms with E-state index >= 15 is 0 Å². The average molecular weight is 216 g/mol. The fourth-order valence-electron chi connectivity index (χ4n) is 1.16. The molecule has 0 aromatic carbocycles. The van der Waals surface area contributed by atoms with Crippen molar-refractivity contribution in [2.75, 3.05) is 12.4 Å². The number of nitrogens with one attached hydrogen (secondary N) is 1. The van der Waals surface area contributed by atoms with Crippen LogP contribution in [0.1, 0.15) is 18.1 Å². The fraction of sp³-hybridized carbons (Fsp3) is 0.300. The van der Waals surface area contributed by atoms with E-state index in [1.54, 1.807) is 13.0 Å². The molecule has 1 aromatic rings. The Hall–Kier alpha value is -1.52. The summed E-state index contributed by atoms with van der Waals surface area (Å²) >= 11 is 0. The molecule has 82 valence electrons. The summed E-state index contributed by atoms with van der Waals surface area (Å²) in [7, 11) is 1.53. The molecule has 0 saturated heterocycles. The number of hydrogen-bond acceptors (Lipinski definition) is 2. The quantitative estimate of drug-likeness (QED) is 0.821. The van der Waals surface area contributed by atoms with Gasteiger partial charge < -0.3 is 5.32 Å². The second-order valence-corrected chi connectivity index (χ2v) is 2.90. The van der Waals surface area contributed by atoms with Crippen LogP contribution in [0.5, 0.6) is 0 Å². The van der Waals surface area contributed by atoms with Crippen LogP contribution in [0.15, 0.2) is 18.3 Å². The molecule has 0 spiro atoms. The van der Waals surface area contributed by atoms with Gasteiger partial charge in [-0.05, 0) is 13.0 Å². The normalized spacial score (nSPS) is 12.1. The highest BCUT2D eigenvalue weighted by atomic mass is 19.4. The minimum atomic E-state index is -4.36. The third kappa shape index (κ3) is 2.71. The van der Waals surface area contributed by atoms with Gasteiger partial charge in [-0.15, -0.1) is 0 Å². The molecule has 1 rings (SSSR count). The molecule has 0 aliphatic rings. The first kappa shape index (κ1) is 11.6. The molecule has 0 unspecified atom stereocenters.